The van der Waals surface area contributed by atoms with E-state index in [-0.39, 0.29) is 6.42 Å². The molecule has 1 aliphatic rings. The van der Waals surface area contributed by atoms with Crippen LogP contribution in [-0.2, 0) is 15.7 Å². The van der Waals surface area contributed by atoms with Crippen molar-refractivity contribution in [3.8, 4) is 0 Å². The summed E-state index contributed by atoms with van der Waals surface area (Å²) in [5.41, 5.74) is -1.45. The van der Waals surface area contributed by atoms with Gasteiger partial charge in [0.25, 0.3) is 0 Å². The molecule has 3 nitrogen and oxygen atoms in total. The van der Waals surface area contributed by atoms with Crippen LogP contribution in [0.15, 0.2) is 24.3 Å². The Hall–Kier alpha value is -1.01. The Kier molecular flexibility index (Phi) is 4.68. The van der Waals surface area contributed by atoms with E-state index >= 15 is 4.39 Å². The molecule has 0 saturated heterocycles. The van der Waals surface area contributed by atoms with E-state index in [1.807, 2.05) is 0 Å². The van der Waals surface area contributed by atoms with E-state index < -0.39 is 32.8 Å². The van der Waals surface area contributed by atoms with Gasteiger partial charge in [0.05, 0.1) is 11.3 Å². The molecule has 1 aromatic carbocycles. The smallest absolute Gasteiger partial charge is 0.214 e. The van der Waals surface area contributed by atoms with Gasteiger partial charge in [-0.25, -0.2) is 21.9 Å². The maximum Gasteiger partial charge on any atom is 0.214 e. The van der Waals surface area contributed by atoms with Crippen LogP contribution in [0, 0.1) is 5.82 Å². The van der Waals surface area contributed by atoms with E-state index in [0.29, 0.717) is 18.4 Å². The molecule has 2 rings (SSSR count). The number of rotatable bonds is 4. The molecule has 21 heavy (non-hydrogen) atoms. The van der Waals surface area contributed by atoms with Gasteiger partial charge in [-0.1, -0.05) is 18.6 Å². The summed E-state index contributed by atoms with van der Waals surface area (Å²) in [7, 11) is -3.55. The molecule has 0 bridgehead atoms. The van der Waals surface area contributed by atoms with E-state index in [4.69, 9.17) is 0 Å². The van der Waals surface area contributed by atoms with Crippen molar-refractivity contribution >= 4 is 10.0 Å². The number of hydrogen-bond acceptors (Lipinski definition) is 2. The average Bonchev–Trinajstić information content (AvgIpc) is 2.42. The van der Waals surface area contributed by atoms with E-state index in [1.54, 1.807) is 13.8 Å². The van der Waals surface area contributed by atoms with Gasteiger partial charge in [-0.2, -0.15) is 0 Å². The first-order valence-corrected chi connectivity index (χ1v) is 8.76. The van der Waals surface area contributed by atoms with Crippen LogP contribution in [0.3, 0.4) is 0 Å². The molecule has 1 fully saturated rings. The van der Waals surface area contributed by atoms with E-state index in [2.05, 4.69) is 4.72 Å². The van der Waals surface area contributed by atoms with Crippen molar-refractivity contribution in [2.24, 2.45) is 0 Å². The second-order valence-corrected chi connectivity index (χ2v) is 8.15. The number of halogens is 2. The number of alkyl halides is 1. The fourth-order valence-electron chi connectivity index (χ4n) is 2.69. The highest BCUT2D eigenvalue weighted by Gasteiger charge is 2.44. The molecule has 0 spiro atoms. The minimum absolute atomic E-state index is 0.240. The highest BCUT2D eigenvalue weighted by atomic mass is 32.2. The molecule has 0 aromatic heterocycles. The van der Waals surface area contributed by atoms with Crippen LogP contribution >= 0.6 is 0 Å². The van der Waals surface area contributed by atoms with Crippen LogP contribution in [0.25, 0.3) is 0 Å². The lowest BCUT2D eigenvalue weighted by Crippen LogP contribution is -2.51. The van der Waals surface area contributed by atoms with Crippen LogP contribution in [0.5, 0.6) is 0 Å². The van der Waals surface area contributed by atoms with Crippen molar-refractivity contribution in [2.75, 3.05) is 0 Å². The van der Waals surface area contributed by atoms with Gasteiger partial charge < -0.3 is 0 Å². The predicted octanol–water partition coefficient (Wildman–Crippen LogP) is 3.26. The molecule has 0 aliphatic heterocycles. The minimum Gasteiger partial charge on any atom is -0.237 e. The Balaban J connectivity index is 2.32. The lowest BCUT2D eigenvalue weighted by molar-refractivity contribution is 0.0711. The number of sulfonamides is 1. The van der Waals surface area contributed by atoms with Crippen LogP contribution in [0.4, 0.5) is 8.78 Å². The molecule has 1 aromatic rings. The zero-order chi connectivity index (χ0) is 15.7. The van der Waals surface area contributed by atoms with Crippen molar-refractivity contribution < 1.29 is 17.2 Å². The molecule has 0 unspecified atom stereocenters. The van der Waals surface area contributed by atoms with E-state index in [0.717, 1.165) is 6.42 Å². The highest BCUT2D eigenvalue weighted by Crippen LogP contribution is 2.41. The molecular weight excluding hydrogens is 296 g/mol. The molecule has 1 saturated carbocycles. The molecule has 2 atom stereocenters. The van der Waals surface area contributed by atoms with E-state index in [1.165, 1.54) is 24.3 Å². The average molecular weight is 317 g/mol. The van der Waals surface area contributed by atoms with Gasteiger partial charge in [0.1, 0.15) is 5.82 Å². The van der Waals surface area contributed by atoms with Gasteiger partial charge in [-0.05, 0) is 50.8 Å². The Morgan fingerprint density at radius 1 is 1.24 bits per heavy atom. The number of hydrogen-bond donors (Lipinski definition) is 1. The summed E-state index contributed by atoms with van der Waals surface area (Å²) >= 11 is 0. The largest absolute Gasteiger partial charge is 0.237 e. The van der Waals surface area contributed by atoms with Gasteiger partial charge >= 0.3 is 0 Å². The lowest BCUT2D eigenvalue weighted by Gasteiger charge is -2.38. The molecule has 0 amide bonds. The SMILES string of the molecule is CC(C)S(=O)(=O)N[C@@H]1CCCC[C@@]1(F)c1ccc(F)cc1. The van der Waals surface area contributed by atoms with Crippen molar-refractivity contribution in [1.29, 1.82) is 0 Å². The zero-order valence-electron chi connectivity index (χ0n) is 12.3. The predicted molar refractivity (Wildman–Crippen MR) is 78.6 cm³/mol. The first-order chi connectivity index (χ1) is 9.75. The maximum absolute atomic E-state index is 15.4. The minimum atomic E-state index is -3.55. The molecule has 1 N–H and O–H groups in total. The normalized spacial score (nSPS) is 27.0. The van der Waals surface area contributed by atoms with Crippen LogP contribution in [0.1, 0.15) is 45.1 Å². The third kappa shape index (κ3) is 3.43. The number of nitrogens with one attached hydrogen (secondary N) is 1. The van der Waals surface area contributed by atoms with Gasteiger partial charge in [0.15, 0.2) is 5.67 Å². The molecule has 0 heterocycles. The Morgan fingerprint density at radius 3 is 2.43 bits per heavy atom. The summed E-state index contributed by atoms with van der Waals surface area (Å²) < 4.78 is 55.0. The molecule has 6 heteroatoms. The van der Waals surface area contributed by atoms with Crippen LogP contribution < -0.4 is 4.72 Å². The lowest BCUT2D eigenvalue weighted by atomic mass is 9.77. The topological polar surface area (TPSA) is 46.2 Å². The second kappa shape index (κ2) is 6.01. The summed E-state index contributed by atoms with van der Waals surface area (Å²) in [5, 5.41) is -0.614. The molecule has 118 valence electrons. The van der Waals surface area contributed by atoms with Crippen molar-refractivity contribution in [3.63, 3.8) is 0 Å². The maximum atomic E-state index is 15.4. The fourth-order valence-corrected chi connectivity index (χ4v) is 3.67. The first-order valence-electron chi connectivity index (χ1n) is 7.22. The highest BCUT2D eigenvalue weighted by molar-refractivity contribution is 7.90. The monoisotopic (exact) mass is 317 g/mol. The Labute approximate surface area is 124 Å². The quantitative estimate of drug-likeness (QED) is 0.926. The first kappa shape index (κ1) is 16.4. The third-order valence-electron chi connectivity index (χ3n) is 4.09. The Bertz CT molecular complexity index is 586. The van der Waals surface area contributed by atoms with Crippen LogP contribution in [-0.4, -0.2) is 19.7 Å². The number of benzene rings is 1. The standard InChI is InChI=1S/C15H21F2NO2S/c1-11(2)21(19,20)18-14-5-3-4-10-15(14,17)12-6-8-13(16)9-7-12/h6-9,11,14,18H,3-5,10H2,1-2H3/t14-,15-/m1/s1. The van der Waals surface area contributed by atoms with Crippen molar-refractivity contribution in [3.05, 3.63) is 35.6 Å². The summed E-state index contributed by atoms with van der Waals surface area (Å²) in [5.74, 6) is -0.433. The summed E-state index contributed by atoms with van der Waals surface area (Å²) in [6.45, 7) is 3.12. The van der Waals surface area contributed by atoms with Gasteiger partial charge in [0.2, 0.25) is 10.0 Å². The third-order valence-corrected chi connectivity index (χ3v) is 5.94. The van der Waals surface area contributed by atoms with Gasteiger partial charge in [-0.3, -0.25) is 0 Å². The van der Waals surface area contributed by atoms with Crippen molar-refractivity contribution in [2.45, 2.75) is 56.5 Å². The fraction of sp³-hybridized carbons (Fsp3) is 0.600. The molecule has 0 radical (unpaired) electrons. The summed E-state index contributed by atoms with van der Waals surface area (Å²) in [6, 6.07) is 4.41. The van der Waals surface area contributed by atoms with E-state index in [9.17, 15) is 12.8 Å². The van der Waals surface area contributed by atoms with Crippen molar-refractivity contribution in [1.82, 2.24) is 4.72 Å². The molecular formula is C15H21F2NO2S. The van der Waals surface area contributed by atoms with Crippen LogP contribution in [0.2, 0.25) is 0 Å². The van der Waals surface area contributed by atoms with Gasteiger partial charge in [-0.15, -0.1) is 0 Å². The summed E-state index contributed by atoms with van der Waals surface area (Å²) in [6.07, 6.45) is 2.15. The summed E-state index contributed by atoms with van der Waals surface area (Å²) in [4.78, 5) is 0. The molecule has 1 aliphatic carbocycles. The second-order valence-electron chi connectivity index (χ2n) is 5.88. The van der Waals surface area contributed by atoms with Gasteiger partial charge in [0, 0.05) is 0 Å². The zero-order valence-corrected chi connectivity index (χ0v) is 13.1. The Morgan fingerprint density at radius 2 is 1.86 bits per heavy atom.